The summed E-state index contributed by atoms with van der Waals surface area (Å²) in [5.41, 5.74) is -0.139. The van der Waals surface area contributed by atoms with Gasteiger partial charge >= 0.3 is 5.97 Å². The molecule has 1 saturated carbocycles. The van der Waals surface area contributed by atoms with E-state index in [0.29, 0.717) is 35.7 Å². The maximum atomic E-state index is 11.5. The third-order valence-electron chi connectivity index (χ3n) is 3.83. The first kappa shape index (κ1) is 11.2. The van der Waals surface area contributed by atoms with Crippen molar-refractivity contribution < 1.29 is 24.1 Å². The molecule has 5 heteroatoms. The summed E-state index contributed by atoms with van der Waals surface area (Å²) in [5, 5.41) is 9.48. The Balaban J connectivity index is 2.15. The second-order valence-electron chi connectivity index (χ2n) is 4.62. The van der Waals surface area contributed by atoms with Crippen molar-refractivity contribution in [1.82, 2.24) is 0 Å². The number of carboxylic acid groups (broad SMARTS) is 1. The predicted molar refractivity (Wildman–Crippen MR) is 62.3 cm³/mol. The van der Waals surface area contributed by atoms with Gasteiger partial charge in [0, 0.05) is 5.56 Å². The van der Waals surface area contributed by atoms with Gasteiger partial charge in [-0.25, -0.2) is 0 Å². The van der Waals surface area contributed by atoms with Crippen LogP contribution in [0.15, 0.2) is 12.1 Å². The highest BCUT2D eigenvalue weighted by molar-refractivity contribution is 5.84. The average Bonchev–Trinajstić information content (AvgIpc) is 2.74. The third-order valence-corrected chi connectivity index (χ3v) is 3.83. The van der Waals surface area contributed by atoms with Gasteiger partial charge in [-0.15, -0.1) is 0 Å². The summed E-state index contributed by atoms with van der Waals surface area (Å²) in [6.45, 7) is 0.148. The molecule has 1 heterocycles. The zero-order valence-electron chi connectivity index (χ0n) is 10.1. The molecule has 0 aromatic heterocycles. The molecule has 0 unspecified atom stereocenters. The lowest BCUT2D eigenvalue weighted by molar-refractivity contribution is -0.147. The Morgan fingerprint density at radius 3 is 2.72 bits per heavy atom. The molecule has 96 valence electrons. The van der Waals surface area contributed by atoms with Crippen molar-refractivity contribution >= 4 is 5.97 Å². The number of fused-ring (bicyclic) bond motifs is 1. The molecule has 0 spiro atoms. The lowest BCUT2D eigenvalue weighted by atomic mass is 9.64. The molecule has 1 aliphatic carbocycles. The van der Waals surface area contributed by atoms with E-state index in [1.54, 1.807) is 12.1 Å². The molecule has 1 N–H and O–H groups in total. The topological polar surface area (TPSA) is 65.0 Å². The Labute approximate surface area is 104 Å². The number of hydrogen-bond acceptors (Lipinski definition) is 4. The number of methoxy groups -OCH3 is 1. The van der Waals surface area contributed by atoms with Crippen molar-refractivity contribution in [3.63, 3.8) is 0 Å². The van der Waals surface area contributed by atoms with E-state index in [9.17, 15) is 9.90 Å². The van der Waals surface area contributed by atoms with Crippen LogP contribution in [0.5, 0.6) is 17.2 Å². The van der Waals surface area contributed by atoms with Crippen LogP contribution in [0.3, 0.4) is 0 Å². The molecule has 0 saturated heterocycles. The summed E-state index contributed by atoms with van der Waals surface area (Å²) in [7, 11) is 1.52. The van der Waals surface area contributed by atoms with Crippen LogP contribution in [-0.2, 0) is 10.2 Å². The molecule has 1 aliphatic heterocycles. The largest absolute Gasteiger partial charge is 0.492 e. The minimum Gasteiger partial charge on any atom is -0.492 e. The molecule has 0 amide bonds. The van der Waals surface area contributed by atoms with Crippen LogP contribution >= 0.6 is 0 Å². The van der Waals surface area contributed by atoms with Gasteiger partial charge in [0.2, 0.25) is 12.5 Å². The van der Waals surface area contributed by atoms with Crippen molar-refractivity contribution in [3.8, 4) is 17.2 Å². The lowest BCUT2D eigenvalue weighted by Crippen LogP contribution is -2.42. The van der Waals surface area contributed by atoms with Gasteiger partial charge in [-0.1, -0.05) is 12.5 Å². The fourth-order valence-electron chi connectivity index (χ4n) is 2.66. The molecule has 1 fully saturated rings. The number of hydrogen-bond donors (Lipinski definition) is 1. The van der Waals surface area contributed by atoms with E-state index in [4.69, 9.17) is 14.2 Å². The number of benzene rings is 1. The molecular formula is C13H14O5. The first-order valence-electron chi connectivity index (χ1n) is 5.89. The summed E-state index contributed by atoms with van der Waals surface area (Å²) in [6.07, 6.45) is 2.20. The second kappa shape index (κ2) is 3.80. The molecule has 0 radical (unpaired) electrons. The van der Waals surface area contributed by atoms with Gasteiger partial charge in [-0.3, -0.25) is 4.79 Å². The van der Waals surface area contributed by atoms with Gasteiger partial charge in [-0.2, -0.15) is 0 Å². The Hall–Kier alpha value is -1.91. The Morgan fingerprint density at radius 2 is 2.17 bits per heavy atom. The van der Waals surface area contributed by atoms with E-state index in [1.807, 2.05) is 0 Å². The number of carbonyl (C=O) groups is 1. The third kappa shape index (κ3) is 1.30. The average molecular weight is 250 g/mol. The van der Waals surface area contributed by atoms with Crippen LogP contribution in [0.25, 0.3) is 0 Å². The Morgan fingerprint density at radius 1 is 1.39 bits per heavy atom. The maximum Gasteiger partial charge on any atom is 0.314 e. The predicted octanol–water partition coefficient (Wildman–Crippen LogP) is 1.93. The fraction of sp³-hybridized carbons (Fsp3) is 0.462. The SMILES string of the molecule is COc1c(C2(C(=O)O)CCC2)ccc2c1OCO2. The van der Waals surface area contributed by atoms with Crippen LogP contribution in [-0.4, -0.2) is 25.0 Å². The fourth-order valence-corrected chi connectivity index (χ4v) is 2.66. The maximum absolute atomic E-state index is 11.5. The molecular weight excluding hydrogens is 236 g/mol. The highest BCUT2D eigenvalue weighted by atomic mass is 16.7. The first-order chi connectivity index (χ1) is 8.69. The number of ether oxygens (including phenoxy) is 3. The summed E-state index contributed by atoms with van der Waals surface area (Å²) in [4.78, 5) is 11.5. The van der Waals surface area contributed by atoms with Crippen LogP contribution < -0.4 is 14.2 Å². The molecule has 1 aromatic rings. The standard InChI is InChI=1S/C13H14O5/c1-16-10-8(13(12(14)15)5-2-6-13)3-4-9-11(10)18-7-17-9/h3-4H,2,5-7H2,1H3,(H,14,15). The van der Waals surface area contributed by atoms with Crippen molar-refractivity contribution in [2.24, 2.45) is 0 Å². The summed E-state index contributed by atoms with van der Waals surface area (Å²) >= 11 is 0. The highest BCUT2D eigenvalue weighted by Crippen LogP contribution is 2.53. The summed E-state index contributed by atoms with van der Waals surface area (Å²) in [6, 6.07) is 3.53. The van der Waals surface area contributed by atoms with Crippen molar-refractivity contribution in [2.45, 2.75) is 24.7 Å². The van der Waals surface area contributed by atoms with E-state index in [2.05, 4.69) is 0 Å². The van der Waals surface area contributed by atoms with Gasteiger partial charge in [-0.05, 0) is 18.9 Å². The molecule has 0 bridgehead atoms. The van der Waals surface area contributed by atoms with Crippen LogP contribution in [0.4, 0.5) is 0 Å². The van der Waals surface area contributed by atoms with Gasteiger partial charge in [0.1, 0.15) is 0 Å². The molecule has 1 aromatic carbocycles. The smallest absolute Gasteiger partial charge is 0.314 e. The zero-order chi connectivity index (χ0) is 12.8. The highest BCUT2D eigenvalue weighted by Gasteiger charge is 2.48. The lowest BCUT2D eigenvalue weighted by Gasteiger charge is -2.38. The zero-order valence-corrected chi connectivity index (χ0v) is 10.1. The summed E-state index contributed by atoms with van der Waals surface area (Å²) < 4.78 is 16.0. The Kier molecular flexibility index (Phi) is 2.36. The van der Waals surface area contributed by atoms with E-state index in [-0.39, 0.29) is 6.79 Å². The normalized spacial score (nSPS) is 19.2. The summed E-state index contributed by atoms with van der Waals surface area (Å²) in [5.74, 6) is 0.816. The minimum absolute atomic E-state index is 0.148. The Bertz CT molecular complexity index is 504. The van der Waals surface area contributed by atoms with Gasteiger partial charge < -0.3 is 19.3 Å². The van der Waals surface area contributed by atoms with E-state index >= 15 is 0 Å². The van der Waals surface area contributed by atoms with Gasteiger partial charge in [0.25, 0.3) is 0 Å². The number of carboxylic acids is 1. The number of rotatable bonds is 3. The second-order valence-corrected chi connectivity index (χ2v) is 4.62. The molecule has 5 nitrogen and oxygen atoms in total. The van der Waals surface area contributed by atoms with Crippen molar-refractivity contribution in [2.75, 3.05) is 13.9 Å². The van der Waals surface area contributed by atoms with Crippen LogP contribution in [0, 0.1) is 0 Å². The van der Waals surface area contributed by atoms with Gasteiger partial charge in [0.15, 0.2) is 11.5 Å². The van der Waals surface area contributed by atoms with Crippen molar-refractivity contribution in [3.05, 3.63) is 17.7 Å². The van der Waals surface area contributed by atoms with Gasteiger partial charge in [0.05, 0.1) is 12.5 Å². The van der Waals surface area contributed by atoms with Crippen LogP contribution in [0.1, 0.15) is 24.8 Å². The molecule has 18 heavy (non-hydrogen) atoms. The molecule has 3 rings (SSSR count). The minimum atomic E-state index is -0.827. The quantitative estimate of drug-likeness (QED) is 0.888. The molecule has 0 atom stereocenters. The van der Waals surface area contributed by atoms with E-state index in [1.165, 1.54) is 7.11 Å². The van der Waals surface area contributed by atoms with Crippen LogP contribution in [0.2, 0.25) is 0 Å². The van der Waals surface area contributed by atoms with E-state index in [0.717, 1.165) is 6.42 Å². The van der Waals surface area contributed by atoms with E-state index < -0.39 is 11.4 Å². The number of aliphatic carboxylic acids is 1. The monoisotopic (exact) mass is 250 g/mol. The molecule has 2 aliphatic rings. The first-order valence-corrected chi connectivity index (χ1v) is 5.89. The van der Waals surface area contributed by atoms with Crippen molar-refractivity contribution in [1.29, 1.82) is 0 Å².